The zero-order chi connectivity index (χ0) is 12.1. The fourth-order valence-corrected chi connectivity index (χ4v) is 3.43. The van der Waals surface area contributed by atoms with Crippen molar-refractivity contribution in [3.63, 3.8) is 0 Å². The first-order valence-electron chi connectivity index (χ1n) is 5.65. The molecule has 1 saturated heterocycles. The zero-order valence-corrected chi connectivity index (χ0v) is 11.1. The van der Waals surface area contributed by atoms with E-state index in [-0.39, 0.29) is 4.21 Å². The van der Waals surface area contributed by atoms with E-state index in [4.69, 9.17) is 0 Å². The normalized spacial score (nSPS) is 18.5. The highest BCUT2D eigenvalue weighted by molar-refractivity contribution is 7.92. The molecule has 2 heterocycles. The predicted octanol–water partition coefficient (Wildman–Crippen LogP) is 2.68. The summed E-state index contributed by atoms with van der Waals surface area (Å²) in [6, 6.07) is 3.24. The third-order valence-corrected chi connectivity index (χ3v) is 5.12. The van der Waals surface area contributed by atoms with E-state index < -0.39 is 10.0 Å². The van der Waals surface area contributed by atoms with Gasteiger partial charge in [-0.3, -0.25) is 5.01 Å². The number of hydrogen-bond donors (Lipinski definition) is 0. The van der Waals surface area contributed by atoms with E-state index in [1.165, 1.54) is 12.8 Å². The fourth-order valence-electron chi connectivity index (χ4n) is 1.69. The second kappa shape index (κ2) is 5.59. The highest BCUT2D eigenvalue weighted by Gasteiger charge is 2.15. The number of thiophene rings is 1. The van der Waals surface area contributed by atoms with Crippen molar-refractivity contribution in [2.24, 2.45) is 9.74 Å². The van der Waals surface area contributed by atoms with Crippen LogP contribution in [0.4, 0.5) is 0 Å². The minimum atomic E-state index is -3.59. The van der Waals surface area contributed by atoms with Crippen LogP contribution in [0, 0.1) is 0 Å². The maximum atomic E-state index is 11.7. The molecule has 17 heavy (non-hydrogen) atoms. The van der Waals surface area contributed by atoms with Crippen molar-refractivity contribution in [3.05, 3.63) is 17.5 Å². The number of sulfonamides is 1. The molecule has 0 amide bonds. The van der Waals surface area contributed by atoms with Gasteiger partial charge >= 0.3 is 10.0 Å². The molecular formula is C10H15N3O2S2. The third kappa shape index (κ3) is 3.50. The summed E-state index contributed by atoms with van der Waals surface area (Å²) in [5.74, 6) is 0. The van der Waals surface area contributed by atoms with Crippen LogP contribution in [0.5, 0.6) is 0 Å². The first kappa shape index (κ1) is 12.5. The number of rotatable bonds is 3. The molecule has 94 valence electrons. The summed E-state index contributed by atoms with van der Waals surface area (Å²) in [7, 11) is -3.59. The Kier molecular flexibility index (Phi) is 4.11. The third-order valence-electron chi connectivity index (χ3n) is 2.60. The molecule has 0 radical (unpaired) electrons. The molecule has 0 spiro atoms. The van der Waals surface area contributed by atoms with E-state index in [0.717, 1.165) is 37.3 Å². The highest BCUT2D eigenvalue weighted by atomic mass is 32.2. The van der Waals surface area contributed by atoms with Gasteiger partial charge in [0.05, 0.1) is 0 Å². The van der Waals surface area contributed by atoms with Crippen molar-refractivity contribution in [3.8, 4) is 0 Å². The monoisotopic (exact) mass is 273 g/mol. The van der Waals surface area contributed by atoms with Gasteiger partial charge in [-0.05, 0) is 28.8 Å². The average Bonchev–Trinajstić information content (AvgIpc) is 2.72. The molecule has 1 aromatic heterocycles. The topological polar surface area (TPSA) is 62.1 Å². The molecular weight excluding hydrogens is 258 g/mol. The molecule has 0 aromatic carbocycles. The molecule has 0 saturated carbocycles. The number of nitrogens with zero attached hydrogens (tertiary/aromatic N) is 3. The smallest absolute Gasteiger partial charge is 0.278 e. The summed E-state index contributed by atoms with van der Waals surface area (Å²) >= 11 is 1.16. The van der Waals surface area contributed by atoms with Crippen LogP contribution in [0.3, 0.4) is 0 Å². The largest absolute Gasteiger partial charge is 0.310 e. The van der Waals surface area contributed by atoms with E-state index in [1.807, 2.05) is 0 Å². The molecule has 0 N–H and O–H groups in total. The Bertz CT molecular complexity index is 460. The van der Waals surface area contributed by atoms with Gasteiger partial charge in [0, 0.05) is 13.1 Å². The standard InChI is InChI=1S/C10H15N3O2S2/c14-17(15,10-6-5-9-16-10)12-11-13-7-3-1-2-4-8-13/h5-6,9H,1-4,7-8H2/b12-11+. The first-order valence-corrected chi connectivity index (χ1v) is 7.97. The predicted molar refractivity (Wildman–Crippen MR) is 66.4 cm³/mol. The van der Waals surface area contributed by atoms with Crippen LogP contribution < -0.4 is 0 Å². The minimum Gasteiger partial charge on any atom is -0.278 e. The summed E-state index contributed by atoms with van der Waals surface area (Å²) < 4.78 is 27.2. The Morgan fingerprint density at radius 2 is 1.88 bits per heavy atom. The maximum Gasteiger partial charge on any atom is 0.310 e. The van der Waals surface area contributed by atoms with E-state index in [2.05, 4.69) is 9.74 Å². The fraction of sp³-hybridized carbons (Fsp3) is 0.600. The van der Waals surface area contributed by atoms with Gasteiger partial charge in [0.1, 0.15) is 4.21 Å². The van der Waals surface area contributed by atoms with Crippen LogP contribution in [0.2, 0.25) is 0 Å². The molecule has 7 heteroatoms. The average molecular weight is 273 g/mol. The SMILES string of the molecule is O=S(=O)(/N=N/N1CCCCCC1)c1cccs1. The van der Waals surface area contributed by atoms with E-state index >= 15 is 0 Å². The first-order chi connectivity index (χ1) is 8.18. The van der Waals surface area contributed by atoms with Gasteiger partial charge in [-0.25, -0.2) is 0 Å². The van der Waals surface area contributed by atoms with Crippen molar-refractivity contribution >= 4 is 21.4 Å². The second-order valence-corrected chi connectivity index (χ2v) is 6.71. The van der Waals surface area contributed by atoms with Gasteiger partial charge in [0.25, 0.3) is 0 Å². The van der Waals surface area contributed by atoms with E-state index in [1.54, 1.807) is 22.5 Å². The Balaban J connectivity index is 2.04. The van der Waals surface area contributed by atoms with Gasteiger partial charge < -0.3 is 0 Å². The van der Waals surface area contributed by atoms with Gasteiger partial charge in [-0.2, -0.15) is 8.42 Å². The van der Waals surface area contributed by atoms with Crippen molar-refractivity contribution in [2.75, 3.05) is 13.1 Å². The lowest BCUT2D eigenvalue weighted by atomic mass is 10.2. The lowest BCUT2D eigenvalue weighted by Crippen LogP contribution is -2.17. The molecule has 5 nitrogen and oxygen atoms in total. The van der Waals surface area contributed by atoms with Crippen LogP contribution in [-0.2, 0) is 10.0 Å². The van der Waals surface area contributed by atoms with Gasteiger partial charge in [-0.15, -0.1) is 11.3 Å². The molecule has 1 aliphatic heterocycles. The van der Waals surface area contributed by atoms with E-state index in [9.17, 15) is 8.42 Å². The lowest BCUT2D eigenvalue weighted by molar-refractivity contribution is 0.283. The second-order valence-electron chi connectivity index (χ2n) is 3.95. The molecule has 2 rings (SSSR count). The molecule has 0 bridgehead atoms. The summed E-state index contributed by atoms with van der Waals surface area (Å²) in [4.78, 5) is 0. The van der Waals surface area contributed by atoms with Gasteiger partial charge in [0.15, 0.2) is 0 Å². The Labute approximate surface area is 105 Å². The van der Waals surface area contributed by atoms with Gasteiger partial charge in [0.2, 0.25) is 0 Å². The molecule has 1 aliphatic rings. The van der Waals surface area contributed by atoms with E-state index in [0.29, 0.717) is 0 Å². The Morgan fingerprint density at radius 1 is 1.18 bits per heavy atom. The van der Waals surface area contributed by atoms with Crippen LogP contribution in [0.25, 0.3) is 0 Å². The van der Waals surface area contributed by atoms with Crippen LogP contribution in [-0.4, -0.2) is 26.5 Å². The minimum absolute atomic E-state index is 0.246. The molecule has 1 aromatic rings. The quantitative estimate of drug-likeness (QED) is 0.795. The van der Waals surface area contributed by atoms with Crippen molar-refractivity contribution in [1.29, 1.82) is 0 Å². The molecule has 0 atom stereocenters. The lowest BCUT2D eigenvalue weighted by Gasteiger charge is -2.12. The Hall–Kier alpha value is -0.950. The van der Waals surface area contributed by atoms with Crippen LogP contribution >= 0.6 is 11.3 Å². The maximum absolute atomic E-state index is 11.7. The molecule has 1 fully saturated rings. The summed E-state index contributed by atoms with van der Waals surface area (Å²) in [5, 5.41) is 7.31. The summed E-state index contributed by atoms with van der Waals surface area (Å²) in [6.45, 7) is 1.59. The molecule has 0 unspecified atom stereocenters. The highest BCUT2D eigenvalue weighted by Crippen LogP contribution is 2.19. The summed E-state index contributed by atoms with van der Waals surface area (Å²) in [6.07, 6.45) is 4.48. The van der Waals surface area contributed by atoms with Crippen molar-refractivity contribution in [1.82, 2.24) is 5.01 Å². The molecule has 0 aliphatic carbocycles. The van der Waals surface area contributed by atoms with Crippen molar-refractivity contribution < 1.29 is 8.42 Å². The Morgan fingerprint density at radius 3 is 2.47 bits per heavy atom. The van der Waals surface area contributed by atoms with Crippen LogP contribution in [0.15, 0.2) is 31.5 Å². The number of hydrogen-bond acceptors (Lipinski definition) is 4. The zero-order valence-electron chi connectivity index (χ0n) is 9.45. The van der Waals surface area contributed by atoms with Gasteiger partial charge in [-0.1, -0.05) is 24.1 Å². The van der Waals surface area contributed by atoms with Crippen LogP contribution in [0.1, 0.15) is 25.7 Å². The van der Waals surface area contributed by atoms with Crippen molar-refractivity contribution in [2.45, 2.75) is 29.9 Å². The summed E-state index contributed by atoms with van der Waals surface area (Å²) in [5.41, 5.74) is 0.